The van der Waals surface area contributed by atoms with Gasteiger partial charge in [-0.25, -0.2) is 0 Å². The molecule has 173 valence electrons. The van der Waals surface area contributed by atoms with Gasteiger partial charge in [-0.3, -0.25) is 0 Å². The minimum atomic E-state index is -1.49. The standard InChI is InChI=1S/3C6H18NSi2.Fe/c3*1-8(2,3)7-9(4,5)6;/h3*1-6H3;/q3*-1;+3. The van der Waals surface area contributed by atoms with E-state index in [1.807, 2.05) is 0 Å². The summed E-state index contributed by atoms with van der Waals surface area (Å²) >= 11 is -0.671. The number of rotatable bonds is 9. The topological polar surface area (TPSA) is 9.72 Å². The zero-order valence-corrected chi connectivity index (χ0v) is 29.8. The van der Waals surface area contributed by atoms with E-state index in [0.29, 0.717) is 0 Å². The Morgan fingerprint density at radius 2 is 0.393 bits per heavy atom. The van der Waals surface area contributed by atoms with Crippen molar-refractivity contribution < 1.29 is 14.6 Å². The van der Waals surface area contributed by atoms with E-state index in [4.69, 9.17) is 0 Å². The molecule has 28 heavy (non-hydrogen) atoms. The molecule has 0 aromatic heterocycles. The second-order valence-electron chi connectivity index (χ2n) is 14.0. The molecule has 0 saturated carbocycles. The molecule has 0 aliphatic carbocycles. The van der Waals surface area contributed by atoms with Gasteiger partial charge in [-0.1, -0.05) is 0 Å². The van der Waals surface area contributed by atoms with E-state index in [-0.39, 0.29) is 0 Å². The quantitative estimate of drug-likeness (QED) is 0.287. The zero-order chi connectivity index (χ0) is 23.3. The van der Waals surface area contributed by atoms with Crippen LogP contribution in [0.25, 0.3) is 0 Å². The minimum absolute atomic E-state index is 0.671. The Kier molecular flexibility index (Phi) is 9.46. The van der Waals surface area contributed by atoms with Crippen molar-refractivity contribution in [3.05, 3.63) is 0 Å². The molecule has 0 fully saturated rings. The van der Waals surface area contributed by atoms with E-state index in [1.165, 1.54) is 0 Å². The van der Waals surface area contributed by atoms with Crippen LogP contribution < -0.4 is 0 Å². The van der Waals surface area contributed by atoms with Gasteiger partial charge in [0.05, 0.1) is 0 Å². The Morgan fingerprint density at radius 1 is 0.286 bits per heavy atom. The second-order valence-corrected chi connectivity index (χ2v) is 48.8. The number of nitrogens with zero attached hydrogens (tertiary/aromatic N) is 3. The van der Waals surface area contributed by atoms with Gasteiger partial charge in [-0.05, 0) is 0 Å². The SMILES string of the molecule is C[Si](C)(C)[N]([Fe]([N]([Si](C)(C)C)[Si](C)(C)C)[N]([Si](C)(C)C)[Si](C)(C)C)[Si](C)(C)C. The summed E-state index contributed by atoms with van der Waals surface area (Å²) in [5, 5.41) is 0. The second kappa shape index (κ2) is 8.92. The van der Waals surface area contributed by atoms with E-state index in [9.17, 15) is 0 Å². The fourth-order valence-corrected chi connectivity index (χ4v) is 50.8. The summed E-state index contributed by atoms with van der Waals surface area (Å²) in [5.74, 6) is 0. The van der Waals surface area contributed by atoms with Gasteiger partial charge >= 0.3 is 192 Å². The van der Waals surface area contributed by atoms with Crippen molar-refractivity contribution in [2.75, 3.05) is 0 Å². The first-order valence-corrected chi connectivity index (χ1v) is 33.0. The Hall–Kier alpha value is 1.70. The van der Waals surface area contributed by atoms with Crippen LogP contribution in [0, 0.1) is 0 Å². The predicted molar refractivity (Wildman–Crippen MR) is 146 cm³/mol. The van der Waals surface area contributed by atoms with E-state index in [0.717, 1.165) is 0 Å². The van der Waals surface area contributed by atoms with E-state index in [2.05, 4.69) is 128 Å². The van der Waals surface area contributed by atoms with Crippen LogP contribution in [-0.2, 0) is 14.6 Å². The molecular formula is C18H54FeN3Si6. The predicted octanol–water partition coefficient (Wildman–Crippen LogP) is 7.27. The summed E-state index contributed by atoms with van der Waals surface area (Å²) in [5.41, 5.74) is 0. The van der Waals surface area contributed by atoms with Crippen LogP contribution in [-0.4, -0.2) is 59.2 Å². The van der Waals surface area contributed by atoms with Gasteiger partial charge in [0.2, 0.25) is 0 Å². The summed E-state index contributed by atoms with van der Waals surface area (Å²) in [6.07, 6.45) is 0. The molecule has 0 aromatic rings. The average Bonchev–Trinajstić information content (AvgIpc) is 2.13. The molecule has 10 heteroatoms. The van der Waals surface area contributed by atoms with Crippen molar-refractivity contribution in [3.63, 3.8) is 0 Å². The van der Waals surface area contributed by atoms with Crippen LogP contribution in [0.3, 0.4) is 0 Å². The molecule has 3 nitrogen and oxygen atoms in total. The van der Waals surface area contributed by atoms with Gasteiger partial charge < -0.3 is 0 Å². The molecule has 0 aliphatic heterocycles. The van der Waals surface area contributed by atoms with E-state index < -0.39 is 64.0 Å². The van der Waals surface area contributed by atoms with Crippen LogP contribution in [0.1, 0.15) is 0 Å². The van der Waals surface area contributed by atoms with Crippen molar-refractivity contribution in [3.8, 4) is 0 Å². The van der Waals surface area contributed by atoms with Gasteiger partial charge in [-0.15, -0.1) is 0 Å². The molecule has 0 rings (SSSR count). The molecule has 0 radical (unpaired) electrons. The van der Waals surface area contributed by atoms with Crippen LogP contribution in [0.15, 0.2) is 0 Å². The summed E-state index contributed by atoms with van der Waals surface area (Å²) in [6, 6.07) is 0. The molecule has 0 atom stereocenters. The molecule has 0 saturated heterocycles. The maximum atomic E-state index is 3.23. The van der Waals surface area contributed by atoms with Gasteiger partial charge in [0.15, 0.2) is 0 Å². The Morgan fingerprint density at radius 3 is 0.464 bits per heavy atom. The third kappa shape index (κ3) is 7.99. The van der Waals surface area contributed by atoms with Gasteiger partial charge in [0.25, 0.3) is 0 Å². The molecule has 0 bridgehead atoms. The van der Waals surface area contributed by atoms with Gasteiger partial charge in [-0.2, -0.15) is 0 Å². The fraction of sp³-hybridized carbons (Fsp3) is 1.00. The molecule has 0 unspecified atom stereocenters. The zero-order valence-electron chi connectivity index (χ0n) is 22.7. The normalized spacial score (nSPS) is 16.4. The van der Waals surface area contributed by atoms with Crippen LogP contribution >= 0.6 is 0 Å². The Bertz CT molecular complexity index is 400. The molecular weight excluding hydrogens is 483 g/mol. The molecule has 0 N–H and O–H groups in total. The summed E-state index contributed by atoms with van der Waals surface area (Å²) in [4.78, 5) is 0. The van der Waals surface area contributed by atoms with Crippen LogP contribution in [0.5, 0.6) is 0 Å². The molecule has 0 aliphatic rings. The third-order valence-corrected chi connectivity index (χ3v) is 41.0. The van der Waals surface area contributed by atoms with Gasteiger partial charge in [0.1, 0.15) is 0 Å². The third-order valence-electron chi connectivity index (χ3n) is 3.86. The van der Waals surface area contributed by atoms with E-state index in [1.54, 1.807) is 0 Å². The van der Waals surface area contributed by atoms with Crippen molar-refractivity contribution in [2.24, 2.45) is 0 Å². The Labute approximate surface area is 190 Å². The number of hydrogen-bond donors (Lipinski definition) is 0. The summed E-state index contributed by atoms with van der Waals surface area (Å²) < 4.78 is 9.69. The first kappa shape index (κ1) is 29.7. The van der Waals surface area contributed by atoms with Crippen LogP contribution in [0.4, 0.5) is 0 Å². The molecule has 0 heterocycles. The first-order chi connectivity index (χ1) is 11.7. The van der Waals surface area contributed by atoms with Crippen molar-refractivity contribution in [1.82, 2.24) is 9.74 Å². The maximum absolute atomic E-state index is 3.23. The van der Waals surface area contributed by atoms with Crippen molar-refractivity contribution >= 4 is 49.4 Å². The van der Waals surface area contributed by atoms with Crippen molar-refractivity contribution in [1.29, 1.82) is 0 Å². The fourth-order valence-electron chi connectivity index (χ4n) is 4.50. The molecule has 0 aromatic carbocycles. The molecule has 0 spiro atoms. The summed E-state index contributed by atoms with van der Waals surface area (Å²) in [7, 11) is -8.93. The van der Waals surface area contributed by atoms with Crippen molar-refractivity contribution in [2.45, 2.75) is 118 Å². The average molecular weight is 537 g/mol. The number of hydrogen-bond acceptors (Lipinski definition) is 3. The van der Waals surface area contributed by atoms with E-state index >= 15 is 0 Å². The van der Waals surface area contributed by atoms with Crippen LogP contribution in [0.2, 0.25) is 118 Å². The van der Waals surface area contributed by atoms with Gasteiger partial charge in [0, 0.05) is 0 Å². The Balaban J connectivity index is 7.30. The first-order valence-electron chi connectivity index (χ1n) is 10.8. The summed E-state index contributed by atoms with van der Waals surface area (Å²) in [6.45, 7) is 47.1. The monoisotopic (exact) mass is 536 g/mol. The molecule has 0 amide bonds.